The highest BCUT2D eigenvalue weighted by molar-refractivity contribution is 6.37. The summed E-state index contributed by atoms with van der Waals surface area (Å²) in [6.07, 6.45) is 0. The Morgan fingerprint density at radius 1 is 1.06 bits per heavy atom. The van der Waals surface area contributed by atoms with Crippen molar-refractivity contribution >= 4 is 34.8 Å². The Morgan fingerprint density at radius 2 is 1.76 bits per heavy atom. The number of halogens is 2. The molecule has 34 heavy (non-hydrogen) atoms. The molecule has 10 heteroatoms. The zero-order chi connectivity index (χ0) is 24.2. The fourth-order valence-electron chi connectivity index (χ4n) is 3.02. The molecule has 4 aromatic rings. The monoisotopic (exact) mass is 498 g/mol. The van der Waals surface area contributed by atoms with Crippen LogP contribution >= 0.6 is 23.2 Å². The predicted octanol–water partition coefficient (Wildman–Crippen LogP) is 5.54. The standard InChI is InChI=1S/C24H20Cl2N4O4/c1-30(2)16-4-3-5-18(12-16)33-17-8-6-14(7-9-17)13-27-23(32)24-28-22(29-34-24)15-10-19(25)21(31)20(26)11-15/h3-12,31H,13H2,1-2H3,(H,27,32). The number of nitrogens with one attached hydrogen (secondary N) is 1. The minimum Gasteiger partial charge on any atom is -0.505 e. The number of aromatic nitrogens is 2. The van der Waals surface area contributed by atoms with E-state index in [1.165, 1.54) is 12.1 Å². The van der Waals surface area contributed by atoms with Crippen LogP contribution in [0.15, 0.2) is 65.2 Å². The molecule has 1 heterocycles. The third-order valence-electron chi connectivity index (χ3n) is 4.84. The maximum Gasteiger partial charge on any atom is 0.316 e. The van der Waals surface area contributed by atoms with Crippen molar-refractivity contribution in [3.05, 3.63) is 82.2 Å². The Labute approximate surface area is 205 Å². The summed E-state index contributed by atoms with van der Waals surface area (Å²) in [5, 5.41) is 16.3. The van der Waals surface area contributed by atoms with E-state index in [1.807, 2.05) is 67.5 Å². The van der Waals surface area contributed by atoms with Crippen LogP contribution in [0.4, 0.5) is 5.69 Å². The summed E-state index contributed by atoms with van der Waals surface area (Å²) < 4.78 is 11.0. The van der Waals surface area contributed by atoms with Crippen LogP contribution in [-0.4, -0.2) is 35.2 Å². The highest BCUT2D eigenvalue weighted by atomic mass is 35.5. The summed E-state index contributed by atoms with van der Waals surface area (Å²) in [4.78, 5) is 18.5. The summed E-state index contributed by atoms with van der Waals surface area (Å²) in [5.41, 5.74) is 2.31. The van der Waals surface area contributed by atoms with Gasteiger partial charge in [-0.3, -0.25) is 4.79 Å². The molecule has 174 valence electrons. The number of phenols is 1. The molecule has 1 amide bonds. The second-order valence-corrected chi connectivity index (χ2v) is 8.35. The molecule has 3 aromatic carbocycles. The Kier molecular flexibility index (Phi) is 6.90. The van der Waals surface area contributed by atoms with E-state index in [9.17, 15) is 9.90 Å². The van der Waals surface area contributed by atoms with E-state index >= 15 is 0 Å². The first-order chi connectivity index (χ1) is 16.3. The van der Waals surface area contributed by atoms with Crippen LogP contribution in [0.3, 0.4) is 0 Å². The Bertz CT molecular complexity index is 1300. The average molecular weight is 499 g/mol. The van der Waals surface area contributed by atoms with E-state index in [0.29, 0.717) is 11.3 Å². The van der Waals surface area contributed by atoms with Crippen LogP contribution in [0.1, 0.15) is 16.2 Å². The van der Waals surface area contributed by atoms with E-state index in [-0.39, 0.29) is 34.1 Å². The third-order valence-corrected chi connectivity index (χ3v) is 5.42. The van der Waals surface area contributed by atoms with Gasteiger partial charge in [0.1, 0.15) is 11.5 Å². The third kappa shape index (κ3) is 5.41. The smallest absolute Gasteiger partial charge is 0.316 e. The predicted molar refractivity (Wildman–Crippen MR) is 130 cm³/mol. The molecule has 0 atom stereocenters. The number of nitrogens with zero attached hydrogens (tertiary/aromatic N) is 3. The lowest BCUT2D eigenvalue weighted by atomic mass is 10.2. The van der Waals surface area contributed by atoms with E-state index in [2.05, 4.69) is 15.5 Å². The molecule has 0 aliphatic carbocycles. The Morgan fingerprint density at radius 3 is 2.44 bits per heavy atom. The van der Waals surface area contributed by atoms with Crippen LogP contribution in [0.25, 0.3) is 11.4 Å². The van der Waals surface area contributed by atoms with Gasteiger partial charge in [-0.1, -0.05) is 46.6 Å². The zero-order valence-electron chi connectivity index (χ0n) is 18.3. The quantitative estimate of drug-likeness (QED) is 0.345. The van der Waals surface area contributed by atoms with E-state index in [4.69, 9.17) is 32.5 Å². The van der Waals surface area contributed by atoms with Crippen molar-refractivity contribution < 1.29 is 19.2 Å². The number of anilines is 1. The van der Waals surface area contributed by atoms with Crippen LogP contribution in [0, 0.1) is 0 Å². The molecule has 0 unspecified atom stereocenters. The van der Waals surface area contributed by atoms with Crippen LogP contribution in [0.2, 0.25) is 10.0 Å². The van der Waals surface area contributed by atoms with Crippen molar-refractivity contribution in [3.8, 4) is 28.6 Å². The molecule has 0 bridgehead atoms. The molecule has 0 spiro atoms. The Balaban J connectivity index is 1.36. The van der Waals surface area contributed by atoms with Crippen molar-refractivity contribution in [2.45, 2.75) is 6.54 Å². The second-order valence-electron chi connectivity index (χ2n) is 7.53. The lowest BCUT2D eigenvalue weighted by molar-refractivity contribution is 0.0907. The first kappa shape index (κ1) is 23.4. The minimum atomic E-state index is -0.532. The van der Waals surface area contributed by atoms with Crippen molar-refractivity contribution in [2.24, 2.45) is 0 Å². The van der Waals surface area contributed by atoms with Gasteiger partial charge in [0.25, 0.3) is 0 Å². The van der Waals surface area contributed by atoms with Gasteiger partial charge >= 0.3 is 11.8 Å². The van der Waals surface area contributed by atoms with Gasteiger partial charge in [0.15, 0.2) is 5.75 Å². The van der Waals surface area contributed by atoms with Gasteiger partial charge in [0.2, 0.25) is 5.82 Å². The summed E-state index contributed by atoms with van der Waals surface area (Å²) in [5.74, 6) is 0.543. The molecule has 0 aliphatic heterocycles. The van der Waals surface area contributed by atoms with Crippen LogP contribution < -0.4 is 15.0 Å². The summed E-state index contributed by atoms with van der Waals surface area (Å²) in [6, 6.07) is 18.0. The molecule has 0 saturated carbocycles. The Hall–Kier alpha value is -3.75. The fraction of sp³-hybridized carbons (Fsp3) is 0.125. The number of ether oxygens (including phenoxy) is 1. The molecule has 8 nitrogen and oxygen atoms in total. The number of hydrogen-bond acceptors (Lipinski definition) is 7. The highest BCUT2D eigenvalue weighted by Crippen LogP contribution is 2.35. The maximum absolute atomic E-state index is 12.4. The molecule has 0 aliphatic rings. The SMILES string of the molecule is CN(C)c1cccc(Oc2ccc(CNC(=O)c3nc(-c4cc(Cl)c(O)c(Cl)c4)no3)cc2)c1. The largest absolute Gasteiger partial charge is 0.505 e. The maximum atomic E-state index is 12.4. The molecule has 1 aromatic heterocycles. The molecule has 0 fully saturated rings. The van der Waals surface area contributed by atoms with Crippen molar-refractivity contribution in [3.63, 3.8) is 0 Å². The lowest BCUT2D eigenvalue weighted by Crippen LogP contribution is -2.23. The summed E-state index contributed by atoms with van der Waals surface area (Å²) in [7, 11) is 3.94. The second kappa shape index (κ2) is 10.0. The van der Waals surface area contributed by atoms with Crippen molar-refractivity contribution in [1.29, 1.82) is 0 Å². The number of carbonyl (C=O) groups excluding carboxylic acids is 1. The topological polar surface area (TPSA) is 101 Å². The van der Waals surface area contributed by atoms with Crippen LogP contribution in [-0.2, 0) is 6.54 Å². The molecule has 0 saturated heterocycles. The first-order valence-corrected chi connectivity index (χ1v) is 10.9. The van der Waals surface area contributed by atoms with Crippen molar-refractivity contribution in [2.75, 3.05) is 19.0 Å². The van der Waals surface area contributed by atoms with E-state index in [0.717, 1.165) is 17.0 Å². The van der Waals surface area contributed by atoms with Gasteiger partial charge in [0.05, 0.1) is 10.0 Å². The average Bonchev–Trinajstić information content (AvgIpc) is 3.32. The summed E-state index contributed by atoms with van der Waals surface area (Å²) >= 11 is 11.8. The van der Waals surface area contributed by atoms with Gasteiger partial charge in [-0.05, 0) is 42.0 Å². The zero-order valence-corrected chi connectivity index (χ0v) is 19.8. The minimum absolute atomic E-state index is 0.0381. The van der Waals surface area contributed by atoms with Gasteiger partial charge in [-0.15, -0.1) is 0 Å². The van der Waals surface area contributed by atoms with E-state index < -0.39 is 5.91 Å². The number of aromatic hydroxyl groups is 1. The summed E-state index contributed by atoms with van der Waals surface area (Å²) in [6.45, 7) is 0.254. The fourth-order valence-corrected chi connectivity index (χ4v) is 3.51. The molecule has 2 N–H and O–H groups in total. The van der Waals surface area contributed by atoms with Gasteiger partial charge < -0.3 is 24.6 Å². The van der Waals surface area contributed by atoms with E-state index in [1.54, 1.807) is 0 Å². The van der Waals surface area contributed by atoms with Gasteiger partial charge in [-0.2, -0.15) is 4.98 Å². The molecule has 0 radical (unpaired) electrons. The molecular formula is C24H20Cl2N4O4. The number of phenolic OH excluding ortho intramolecular Hbond substituents is 1. The number of hydrogen-bond donors (Lipinski definition) is 2. The van der Waals surface area contributed by atoms with Gasteiger partial charge in [-0.25, -0.2) is 0 Å². The molecule has 4 rings (SSSR count). The number of carbonyl (C=O) groups is 1. The first-order valence-electron chi connectivity index (χ1n) is 10.1. The van der Waals surface area contributed by atoms with Crippen molar-refractivity contribution in [1.82, 2.24) is 15.5 Å². The number of rotatable bonds is 7. The number of amides is 1. The van der Waals surface area contributed by atoms with Crippen LogP contribution in [0.5, 0.6) is 17.2 Å². The van der Waals surface area contributed by atoms with Gasteiger partial charge in [0, 0.05) is 38.0 Å². The normalized spacial score (nSPS) is 10.7. The highest BCUT2D eigenvalue weighted by Gasteiger charge is 2.18. The number of benzene rings is 3. The lowest BCUT2D eigenvalue weighted by Gasteiger charge is -2.14. The molecular weight excluding hydrogens is 479 g/mol.